The largest absolute Gasteiger partial charge is 0.497 e. The highest BCUT2D eigenvalue weighted by atomic mass is 16.5. The molecule has 5 nitrogen and oxygen atoms in total. The summed E-state index contributed by atoms with van der Waals surface area (Å²) in [5, 5.41) is 5.50. The van der Waals surface area contributed by atoms with Crippen LogP contribution in [0.1, 0.15) is 15.9 Å². The summed E-state index contributed by atoms with van der Waals surface area (Å²) < 4.78 is 5.12. The van der Waals surface area contributed by atoms with Gasteiger partial charge in [0, 0.05) is 11.3 Å². The number of methoxy groups -OCH3 is 1. The smallest absolute Gasteiger partial charge is 0.272 e. The summed E-state index contributed by atoms with van der Waals surface area (Å²) in [6, 6.07) is 25.0. The monoisotopic (exact) mass is 372 g/mol. The molecule has 28 heavy (non-hydrogen) atoms. The van der Waals surface area contributed by atoms with Crippen LogP contribution in [0.15, 0.2) is 90.6 Å². The summed E-state index contributed by atoms with van der Waals surface area (Å²) in [5.74, 6) is -0.0820. The van der Waals surface area contributed by atoms with E-state index < -0.39 is 5.91 Å². The van der Waals surface area contributed by atoms with Crippen LogP contribution in [0.2, 0.25) is 0 Å². The second-order valence-electron chi connectivity index (χ2n) is 5.97. The topological polar surface area (TPSA) is 67.4 Å². The molecule has 0 fully saturated rings. The molecule has 3 aromatic carbocycles. The van der Waals surface area contributed by atoms with Gasteiger partial charge in [0.25, 0.3) is 11.8 Å². The van der Waals surface area contributed by atoms with Crippen molar-refractivity contribution < 1.29 is 14.3 Å². The SMILES string of the molecule is COc1ccc(NC(=O)/C(=C/c2ccccc2)NC(=O)c2ccccc2)cc1. The lowest BCUT2D eigenvalue weighted by Crippen LogP contribution is -2.30. The predicted molar refractivity (Wildman–Crippen MR) is 110 cm³/mol. The average molecular weight is 372 g/mol. The standard InChI is InChI=1S/C23H20N2O3/c1-28-20-14-12-19(13-15-20)24-23(27)21(16-17-8-4-2-5-9-17)25-22(26)18-10-6-3-7-11-18/h2-16H,1H3,(H,24,27)(H,25,26)/b21-16-. The van der Waals surface area contributed by atoms with Gasteiger partial charge in [-0.05, 0) is 48.0 Å². The maximum atomic E-state index is 12.8. The van der Waals surface area contributed by atoms with Crippen LogP contribution in [0.4, 0.5) is 5.69 Å². The van der Waals surface area contributed by atoms with Gasteiger partial charge in [-0.3, -0.25) is 9.59 Å². The molecule has 0 aromatic heterocycles. The van der Waals surface area contributed by atoms with E-state index in [4.69, 9.17) is 4.74 Å². The first kappa shape index (κ1) is 18.9. The van der Waals surface area contributed by atoms with Crippen molar-refractivity contribution in [3.05, 3.63) is 102 Å². The molecule has 0 aliphatic rings. The van der Waals surface area contributed by atoms with Crippen LogP contribution < -0.4 is 15.4 Å². The van der Waals surface area contributed by atoms with E-state index in [2.05, 4.69) is 10.6 Å². The minimum atomic E-state index is -0.418. The Balaban J connectivity index is 1.83. The highest BCUT2D eigenvalue weighted by Gasteiger charge is 2.15. The molecule has 0 atom stereocenters. The van der Waals surface area contributed by atoms with Crippen molar-refractivity contribution in [3.63, 3.8) is 0 Å². The Morgan fingerprint density at radius 3 is 2.04 bits per heavy atom. The molecular weight excluding hydrogens is 352 g/mol. The Hall–Kier alpha value is -3.86. The molecule has 0 heterocycles. The fourth-order valence-corrected chi connectivity index (χ4v) is 2.53. The number of nitrogens with one attached hydrogen (secondary N) is 2. The van der Waals surface area contributed by atoms with Crippen LogP contribution in [0.25, 0.3) is 6.08 Å². The molecular formula is C23H20N2O3. The minimum Gasteiger partial charge on any atom is -0.497 e. The lowest BCUT2D eigenvalue weighted by Gasteiger charge is -2.12. The second kappa shape index (κ2) is 9.19. The van der Waals surface area contributed by atoms with Gasteiger partial charge in [0.05, 0.1) is 7.11 Å². The number of amides is 2. The first-order valence-corrected chi connectivity index (χ1v) is 8.74. The highest BCUT2D eigenvalue weighted by molar-refractivity contribution is 6.10. The van der Waals surface area contributed by atoms with Crippen molar-refractivity contribution in [3.8, 4) is 5.75 Å². The quantitative estimate of drug-likeness (QED) is 0.640. The number of carbonyl (C=O) groups excluding carboxylic acids is 2. The van der Waals surface area contributed by atoms with Gasteiger partial charge >= 0.3 is 0 Å². The maximum absolute atomic E-state index is 12.8. The van der Waals surface area contributed by atoms with E-state index in [1.165, 1.54) is 0 Å². The summed E-state index contributed by atoms with van der Waals surface area (Å²) in [4.78, 5) is 25.4. The van der Waals surface area contributed by atoms with E-state index in [0.717, 1.165) is 5.56 Å². The lowest BCUT2D eigenvalue weighted by molar-refractivity contribution is -0.113. The third kappa shape index (κ3) is 5.08. The summed E-state index contributed by atoms with van der Waals surface area (Å²) in [7, 11) is 1.58. The van der Waals surface area contributed by atoms with E-state index in [0.29, 0.717) is 17.0 Å². The molecule has 2 amide bonds. The molecule has 5 heteroatoms. The molecule has 0 aliphatic carbocycles. The van der Waals surface area contributed by atoms with E-state index >= 15 is 0 Å². The molecule has 2 N–H and O–H groups in total. The van der Waals surface area contributed by atoms with Gasteiger partial charge in [-0.15, -0.1) is 0 Å². The Morgan fingerprint density at radius 1 is 0.821 bits per heavy atom. The Kier molecular flexibility index (Phi) is 6.21. The van der Waals surface area contributed by atoms with Crippen LogP contribution in [0.3, 0.4) is 0 Å². The maximum Gasteiger partial charge on any atom is 0.272 e. The molecule has 0 saturated heterocycles. The first-order valence-electron chi connectivity index (χ1n) is 8.74. The number of ether oxygens (including phenoxy) is 1. The fourth-order valence-electron chi connectivity index (χ4n) is 2.53. The molecule has 0 spiro atoms. The first-order chi connectivity index (χ1) is 13.7. The summed E-state index contributed by atoms with van der Waals surface area (Å²) in [5.41, 5.74) is 2.02. The van der Waals surface area contributed by atoms with Gasteiger partial charge in [-0.25, -0.2) is 0 Å². The zero-order valence-electron chi connectivity index (χ0n) is 15.4. The fraction of sp³-hybridized carbons (Fsp3) is 0.0435. The third-order valence-corrected chi connectivity index (χ3v) is 3.99. The van der Waals surface area contributed by atoms with Crippen LogP contribution in [0.5, 0.6) is 5.75 Å². The Labute approximate surface area is 163 Å². The van der Waals surface area contributed by atoms with E-state index in [-0.39, 0.29) is 11.6 Å². The van der Waals surface area contributed by atoms with E-state index in [9.17, 15) is 9.59 Å². The normalized spacial score (nSPS) is 10.8. The summed E-state index contributed by atoms with van der Waals surface area (Å²) in [6.45, 7) is 0. The Bertz CT molecular complexity index is 966. The molecule has 0 radical (unpaired) electrons. The summed E-state index contributed by atoms with van der Waals surface area (Å²) in [6.07, 6.45) is 1.64. The average Bonchev–Trinajstić information content (AvgIpc) is 2.75. The number of carbonyl (C=O) groups is 2. The van der Waals surface area contributed by atoms with Crippen LogP contribution in [0, 0.1) is 0 Å². The lowest BCUT2D eigenvalue weighted by atomic mass is 10.1. The van der Waals surface area contributed by atoms with Gasteiger partial charge < -0.3 is 15.4 Å². The molecule has 3 aromatic rings. The second-order valence-corrected chi connectivity index (χ2v) is 5.97. The zero-order valence-corrected chi connectivity index (χ0v) is 15.4. The number of hydrogen-bond acceptors (Lipinski definition) is 3. The summed E-state index contributed by atoms with van der Waals surface area (Å²) >= 11 is 0. The number of hydrogen-bond donors (Lipinski definition) is 2. The molecule has 0 saturated carbocycles. The van der Waals surface area contributed by atoms with Crippen molar-refractivity contribution in [2.24, 2.45) is 0 Å². The highest BCUT2D eigenvalue weighted by Crippen LogP contribution is 2.16. The molecule has 0 unspecified atom stereocenters. The molecule has 140 valence electrons. The van der Waals surface area contributed by atoms with Crippen molar-refractivity contribution >= 4 is 23.6 Å². The van der Waals surface area contributed by atoms with Gasteiger partial charge in [-0.2, -0.15) is 0 Å². The van der Waals surface area contributed by atoms with E-state index in [1.54, 1.807) is 61.7 Å². The zero-order chi connectivity index (χ0) is 19.8. The van der Waals surface area contributed by atoms with E-state index in [1.807, 2.05) is 36.4 Å². The van der Waals surface area contributed by atoms with Crippen molar-refractivity contribution in [2.45, 2.75) is 0 Å². The van der Waals surface area contributed by atoms with Crippen molar-refractivity contribution in [1.29, 1.82) is 0 Å². The number of rotatable bonds is 6. The minimum absolute atomic E-state index is 0.149. The number of anilines is 1. The van der Waals surface area contributed by atoms with Crippen LogP contribution >= 0.6 is 0 Å². The van der Waals surface area contributed by atoms with Crippen molar-refractivity contribution in [2.75, 3.05) is 12.4 Å². The van der Waals surface area contributed by atoms with Crippen LogP contribution in [-0.2, 0) is 4.79 Å². The van der Waals surface area contributed by atoms with Gasteiger partial charge in [0.15, 0.2) is 0 Å². The molecule has 0 bridgehead atoms. The van der Waals surface area contributed by atoms with Gasteiger partial charge in [-0.1, -0.05) is 48.5 Å². The predicted octanol–water partition coefficient (Wildman–Crippen LogP) is 4.10. The van der Waals surface area contributed by atoms with Crippen molar-refractivity contribution in [1.82, 2.24) is 5.32 Å². The Morgan fingerprint density at radius 2 is 1.43 bits per heavy atom. The van der Waals surface area contributed by atoms with Gasteiger partial charge in [0.2, 0.25) is 0 Å². The number of benzene rings is 3. The molecule has 0 aliphatic heterocycles. The van der Waals surface area contributed by atoms with Crippen LogP contribution in [-0.4, -0.2) is 18.9 Å². The third-order valence-electron chi connectivity index (χ3n) is 3.99. The molecule has 3 rings (SSSR count). The van der Waals surface area contributed by atoms with Gasteiger partial charge in [0.1, 0.15) is 11.4 Å².